The maximum absolute atomic E-state index is 13.8. The van der Waals surface area contributed by atoms with E-state index in [4.69, 9.17) is 16.3 Å². The van der Waals surface area contributed by atoms with Crippen LogP contribution < -0.4 is 9.64 Å². The van der Waals surface area contributed by atoms with E-state index in [-0.39, 0.29) is 5.02 Å². The number of halogens is 2. The first-order valence-corrected chi connectivity index (χ1v) is 10.8. The van der Waals surface area contributed by atoms with Crippen molar-refractivity contribution in [2.45, 2.75) is 32.7 Å². The number of Topliss-reactive ketones (excluding diaryl/α,β-unsaturated/α-hetero) is 2. The van der Waals surface area contributed by atoms with Crippen LogP contribution in [0.3, 0.4) is 0 Å². The first-order valence-electron chi connectivity index (χ1n) is 10.4. The van der Waals surface area contributed by atoms with E-state index in [2.05, 4.69) is 0 Å². The van der Waals surface area contributed by atoms with Crippen molar-refractivity contribution in [3.63, 3.8) is 0 Å². The number of aryl methyl sites for hydroxylation is 3. The second kappa shape index (κ2) is 8.75. The molecule has 0 amide bonds. The van der Waals surface area contributed by atoms with Gasteiger partial charge in [0.05, 0.1) is 29.4 Å². The van der Waals surface area contributed by atoms with Crippen molar-refractivity contribution in [3.05, 3.63) is 87.7 Å². The smallest absolute Gasteiger partial charge is 0.232 e. The van der Waals surface area contributed by atoms with Crippen molar-refractivity contribution < 1.29 is 18.7 Å². The Morgan fingerprint density at radius 1 is 1.03 bits per heavy atom. The molecular weight excluding hydrogens is 429 g/mol. The zero-order chi connectivity index (χ0) is 23.0. The summed E-state index contributed by atoms with van der Waals surface area (Å²) in [6.07, 6.45) is 1.04. The highest BCUT2D eigenvalue weighted by molar-refractivity contribution is 6.48. The molecule has 1 aliphatic heterocycles. The molecule has 0 N–H and O–H groups in total. The van der Waals surface area contributed by atoms with Crippen molar-refractivity contribution in [1.82, 2.24) is 0 Å². The van der Waals surface area contributed by atoms with Gasteiger partial charge < -0.3 is 9.64 Å². The van der Waals surface area contributed by atoms with Crippen molar-refractivity contribution >= 4 is 34.5 Å². The number of anilines is 2. The second-order valence-electron chi connectivity index (χ2n) is 8.00. The van der Waals surface area contributed by atoms with Crippen LogP contribution in [0.25, 0.3) is 0 Å². The van der Waals surface area contributed by atoms with Gasteiger partial charge >= 0.3 is 0 Å². The Hall–Kier alpha value is -3.18. The van der Waals surface area contributed by atoms with Gasteiger partial charge in [0.1, 0.15) is 11.6 Å². The molecule has 0 spiro atoms. The summed E-state index contributed by atoms with van der Waals surface area (Å²) in [6.45, 7) is 3.73. The largest absolute Gasteiger partial charge is 0.496 e. The topological polar surface area (TPSA) is 46.6 Å². The molecule has 1 aliphatic rings. The molecule has 0 fully saturated rings. The van der Waals surface area contributed by atoms with Gasteiger partial charge in [0, 0.05) is 11.8 Å². The molecule has 0 bridgehead atoms. The Morgan fingerprint density at radius 3 is 2.41 bits per heavy atom. The Morgan fingerprint density at radius 2 is 1.75 bits per heavy atom. The summed E-state index contributed by atoms with van der Waals surface area (Å²) >= 11 is 5.77. The minimum atomic E-state index is -0.620. The lowest BCUT2D eigenvalue weighted by atomic mass is 9.90. The fourth-order valence-corrected chi connectivity index (χ4v) is 4.19. The average Bonchev–Trinajstić information content (AvgIpc) is 2.79. The van der Waals surface area contributed by atoms with Gasteiger partial charge in [-0.1, -0.05) is 35.4 Å². The normalized spacial score (nSPS) is 15.7. The predicted molar refractivity (Wildman–Crippen MR) is 124 cm³/mol. The van der Waals surface area contributed by atoms with Crippen LogP contribution >= 0.6 is 11.6 Å². The molecule has 0 saturated heterocycles. The molecule has 4 rings (SSSR count). The fourth-order valence-electron chi connectivity index (χ4n) is 4.07. The van der Waals surface area contributed by atoms with Crippen LogP contribution in [0.15, 0.2) is 54.6 Å². The van der Waals surface area contributed by atoms with Crippen LogP contribution in [0.4, 0.5) is 15.8 Å². The second-order valence-corrected chi connectivity index (χ2v) is 8.41. The summed E-state index contributed by atoms with van der Waals surface area (Å²) in [5.41, 5.74) is 4.49. The van der Waals surface area contributed by atoms with E-state index in [0.717, 1.165) is 22.4 Å². The third-order valence-electron chi connectivity index (χ3n) is 5.87. The van der Waals surface area contributed by atoms with E-state index >= 15 is 0 Å². The number of ketones is 2. The summed E-state index contributed by atoms with van der Waals surface area (Å²) in [7, 11) is 1.57. The molecule has 3 aromatic rings. The van der Waals surface area contributed by atoms with Gasteiger partial charge in [-0.15, -0.1) is 0 Å². The minimum absolute atomic E-state index is 0.0783. The molecule has 6 heteroatoms. The summed E-state index contributed by atoms with van der Waals surface area (Å²) in [5.74, 6) is -0.805. The van der Waals surface area contributed by atoms with Crippen molar-refractivity contribution in [2.24, 2.45) is 0 Å². The summed E-state index contributed by atoms with van der Waals surface area (Å²) < 4.78 is 19.4. The average molecular weight is 452 g/mol. The molecule has 1 heterocycles. The molecular formula is C26H23ClFNO3. The van der Waals surface area contributed by atoms with Crippen LogP contribution in [-0.4, -0.2) is 24.7 Å². The van der Waals surface area contributed by atoms with Crippen molar-refractivity contribution in [3.8, 4) is 5.75 Å². The number of fused-ring (bicyclic) bond motifs is 1. The number of rotatable bonds is 5. The van der Waals surface area contributed by atoms with E-state index in [1.807, 2.05) is 42.2 Å². The van der Waals surface area contributed by atoms with Crippen LogP contribution in [0.2, 0.25) is 5.02 Å². The Balaban J connectivity index is 1.74. The fraction of sp³-hybridized carbons (Fsp3) is 0.231. The SMILES string of the molecule is COc1cc2c(cc1CCc1ccc(Cl)c(F)c1)C(=O)C(=O)C(C)N2c1ccc(C)cc1. The molecule has 0 saturated carbocycles. The van der Waals surface area contributed by atoms with Gasteiger partial charge in [0.2, 0.25) is 11.6 Å². The summed E-state index contributed by atoms with van der Waals surface area (Å²) in [4.78, 5) is 27.5. The lowest BCUT2D eigenvalue weighted by molar-refractivity contribution is -0.116. The molecule has 0 aliphatic carbocycles. The highest BCUT2D eigenvalue weighted by atomic mass is 35.5. The maximum Gasteiger partial charge on any atom is 0.232 e. The maximum atomic E-state index is 13.8. The number of carbonyl (C=O) groups is 2. The number of nitrogens with zero attached hydrogens (tertiary/aromatic N) is 1. The van der Waals surface area contributed by atoms with Crippen LogP contribution in [0.1, 0.15) is 34.0 Å². The summed E-state index contributed by atoms with van der Waals surface area (Å²) in [6, 6.07) is 15.4. The standard InChI is InChI=1S/C26H23ClFNO3/c1-15-4-9-19(10-5-15)29-16(2)25(30)26(31)20-13-18(24(32-3)14-23(20)29)8-6-17-7-11-21(27)22(28)12-17/h4-5,7,9-14,16H,6,8H2,1-3H3. The minimum Gasteiger partial charge on any atom is -0.496 e. The predicted octanol–water partition coefficient (Wildman–Crippen LogP) is 5.87. The number of carbonyl (C=O) groups excluding carboxylic acids is 2. The zero-order valence-corrected chi connectivity index (χ0v) is 18.9. The number of hydrogen-bond acceptors (Lipinski definition) is 4. The van der Waals surface area contributed by atoms with Gasteiger partial charge in [0.25, 0.3) is 0 Å². The third-order valence-corrected chi connectivity index (χ3v) is 6.18. The Kier molecular flexibility index (Phi) is 6.02. The quantitative estimate of drug-likeness (QED) is 0.455. The lowest BCUT2D eigenvalue weighted by Crippen LogP contribution is -2.44. The van der Waals surface area contributed by atoms with Gasteiger partial charge in [-0.2, -0.15) is 0 Å². The molecule has 164 valence electrons. The van der Waals surface area contributed by atoms with E-state index in [9.17, 15) is 14.0 Å². The first kappa shape index (κ1) is 22.0. The molecule has 32 heavy (non-hydrogen) atoms. The van der Waals surface area contributed by atoms with Crippen LogP contribution in [-0.2, 0) is 17.6 Å². The lowest BCUT2D eigenvalue weighted by Gasteiger charge is -2.35. The van der Waals surface area contributed by atoms with Gasteiger partial charge in [-0.05, 0) is 68.1 Å². The van der Waals surface area contributed by atoms with Gasteiger partial charge in [0.15, 0.2) is 0 Å². The van der Waals surface area contributed by atoms with Crippen LogP contribution in [0, 0.1) is 12.7 Å². The number of methoxy groups -OCH3 is 1. The van der Waals surface area contributed by atoms with E-state index in [0.29, 0.717) is 29.8 Å². The van der Waals surface area contributed by atoms with Gasteiger partial charge in [-0.25, -0.2) is 4.39 Å². The monoisotopic (exact) mass is 451 g/mol. The van der Waals surface area contributed by atoms with E-state index in [1.54, 1.807) is 26.2 Å². The molecule has 0 radical (unpaired) electrons. The zero-order valence-electron chi connectivity index (χ0n) is 18.1. The van der Waals surface area contributed by atoms with Crippen LogP contribution in [0.5, 0.6) is 5.75 Å². The summed E-state index contributed by atoms with van der Waals surface area (Å²) in [5, 5.41) is 0.0783. The van der Waals surface area contributed by atoms with E-state index in [1.165, 1.54) is 12.1 Å². The highest BCUT2D eigenvalue weighted by Crippen LogP contribution is 2.40. The number of hydrogen-bond donors (Lipinski definition) is 0. The molecule has 4 nitrogen and oxygen atoms in total. The van der Waals surface area contributed by atoms with Crippen molar-refractivity contribution in [1.29, 1.82) is 0 Å². The van der Waals surface area contributed by atoms with Crippen molar-refractivity contribution in [2.75, 3.05) is 12.0 Å². The first-order chi connectivity index (χ1) is 15.3. The molecule has 1 atom stereocenters. The Labute approximate surface area is 191 Å². The highest BCUT2D eigenvalue weighted by Gasteiger charge is 2.38. The molecule has 1 unspecified atom stereocenters. The van der Waals surface area contributed by atoms with Gasteiger partial charge in [-0.3, -0.25) is 9.59 Å². The molecule has 3 aromatic carbocycles. The number of ether oxygens (including phenoxy) is 1. The third kappa shape index (κ3) is 4.00. The Bertz CT molecular complexity index is 1210. The molecule has 0 aromatic heterocycles. The number of benzene rings is 3. The van der Waals surface area contributed by atoms with E-state index < -0.39 is 23.4 Å².